The fourth-order valence-electron chi connectivity index (χ4n) is 3.35. The Morgan fingerprint density at radius 3 is 2.08 bits per heavy atom. The van der Waals surface area contributed by atoms with Crippen LogP contribution in [0.5, 0.6) is 5.75 Å². The van der Waals surface area contributed by atoms with Crippen molar-refractivity contribution in [1.82, 2.24) is 16.0 Å². The summed E-state index contributed by atoms with van der Waals surface area (Å²) in [5.74, 6) is -3.17. The van der Waals surface area contributed by atoms with Gasteiger partial charge in [-0.1, -0.05) is 12.1 Å². The van der Waals surface area contributed by atoms with Crippen molar-refractivity contribution in [1.29, 1.82) is 0 Å². The summed E-state index contributed by atoms with van der Waals surface area (Å²) < 4.78 is 0. The third kappa shape index (κ3) is 13.1. The molecule has 37 heavy (non-hydrogen) atoms. The molecule has 3 unspecified atom stereocenters. The number of nitrogens with zero attached hydrogens (tertiary/aromatic N) is 1. The zero-order chi connectivity index (χ0) is 27.8. The van der Waals surface area contributed by atoms with Crippen LogP contribution in [-0.4, -0.2) is 77.6 Å². The van der Waals surface area contributed by atoms with Crippen molar-refractivity contribution in [3.05, 3.63) is 29.8 Å². The maximum Gasteiger partial charge on any atom is 0.322 e. The third-order valence-corrected chi connectivity index (χ3v) is 5.30. The average Bonchev–Trinajstić information content (AvgIpc) is 2.84. The minimum absolute atomic E-state index is 0.0821. The Labute approximate surface area is 215 Å². The Morgan fingerprint density at radius 2 is 1.49 bits per heavy atom. The van der Waals surface area contributed by atoms with Gasteiger partial charge >= 0.3 is 5.97 Å². The quantitative estimate of drug-likeness (QED) is 0.0595. The molecule has 0 aliphatic rings. The van der Waals surface area contributed by atoms with Crippen molar-refractivity contribution in [2.75, 3.05) is 19.6 Å². The third-order valence-electron chi connectivity index (χ3n) is 5.30. The number of phenolic OH excluding ortho intramolecular Hbond substituents is 1. The van der Waals surface area contributed by atoms with Crippen LogP contribution in [0.25, 0.3) is 0 Å². The van der Waals surface area contributed by atoms with Crippen molar-refractivity contribution in [2.24, 2.45) is 27.9 Å². The highest BCUT2D eigenvalue weighted by atomic mass is 16.4. The lowest BCUT2D eigenvalue weighted by molar-refractivity contribution is -0.138. The minimum atomic E-state index is -1.24. The second kappa shape index (κ2) is 16.7. The number of aliphatic imine (C=N–C) groups is 1. The number of benzene rings is 1. The fourth-order valence-corrected chi connectivity index (χ4v) is 3.35. The monoisotopic (exact) mass is 522 g/mol. The van der Waals surface area contributed by atoms with Crippen LogP contribution in [0.15, 0.2) is 29.3 Å². The predicted molar refractivity (Wildman–Crippen MR) is 137 cm³/mol. The predicted octanol–water partition coefficient (Wildman–Crippen LogP) is -2.38. The average molecular weight is 523 g/mol. The molecule has 0 radical (unpaired) electrons. The van der Waals surface area contributed by atoms with Gasteiger partial charge in [0.05, 0.1) is 6.04 Å². The SMILES string of the molecule is NCCCCC(NC(=O)C(N)Cc1ccc(O)cc1)C(=O)NC(CCCN=C(N)N)C(=O)NCC(=O)O. The molecule has 0 fully saturated rings. The topological polar surface area (TPSA) is 261 Å². The number of nitrogens with two attached hydrogens (primary N) is 4. The molecule has 14 heteroatoms. The Balaban J connectivity index is 2.90. The molecule has 14 nitrogen and oxygen atoms in total. The molecule has 0 spiro atoms. The summed E-state index contributed by atoms with van der Waals surface area (Å²) in [4.78, 5) is 53.1. The Hall–Kier alpha value is -3.91. The largest absolute Gasteiger partial charge is 0.508 e. The summed E-state index contributed by atoms with van der Waals surface area (Å²) in [5, 5.41) is 25.7. The minimum Gasteiger partial charge on any atom is -0.508 e. The molecule has 0 heterocycles. The van der Waals surface area contributed by atoms with E-state index >= 15 is 0 Å². The first-order valence-corrected chi connectivity index (χ1v) is 11.9. The normalized spacial score (nSPS) is 13.0. The number of hydrogen-bond acceptors (Lipinski definition) is 8. The Bertz CT molecular complexity index is 920. The highest BCUT2D eigenvalue weighted by Crippen LogP contribution is 2.11. The standard InChI is InChI=1S/C23H38N8O6/c24-10-2-1-4-18(30-20(35)16(25)12-14-6-8-15(32)9-7-14)22(37)31-17(5-3-11-28-23(26)27)21(36)29-13-19(33)34/h6-9,16-18,32H,1-5,10-13,24-25H2,(H,29,36)(H,30,35)(H,31,37)(H,33,34)(H4,26,27,28). The number of carboxylic acids is 1. The Kier molecular flexibility index (Phi) is 14.1. The van der Waals surface area contributed by atoms with Gasteiger partial charge in [0.1, 0.15) is 24.4 Å². The molecule has 1 rings (SSSR count). The van der Waals surface area contributed by atoms with Crippen molar-refractivity contribution >= 4 is 29.7 Å². The van der Waals surface area contributed by atoms with Gasteiger partial charge in [0.2, 0.25) is 17.7 Å². The molecule has 0 bridgehead atoms. The van der Waals surface area contributed by atoms with Gasteiger partial charge in [-0.15, -0.1) is 0 Å². The van der Waals surface area contributed by atoms with Crippen molar-refractivity contribution in [3.8, 4) is 5.75 Å². The lowest BCUT2D eigenvalue weighted by Crippen LogP contribution is -2.56. The van der Waals surface area contributed by atoms with Crippen LogP contribution in [0.2, 0.25) is 0 Å². The molecule has 0 saturated carbocycles. The Morgan fingerprint density at radius 1 is 0.892 bits per heavy atom. The summed E-state index contributed by atoms with van der Waals surface area (Å²) in [6.07, 6.45) is 2.01. The van der Waals surface area contributed by atoms with Gasteiger partial charge in [0.25, 0.3) is 0 Å². The van der Waals surface area contributed by atoms with E-state index in [4.69, 9.17) is 28.0 Å². The number of guanidine groups is 1. The second-order valence-electron chi connectivity index (χ2n) is 8.44. The summed E-state index contributed by atoms with van der Waals surface area (Å²) in [6, 6.07) is 3.17. The van der Waals surface area contributed by atoms with Gasteiger partial charge in [-0.05, 0) is 62.8 Å². The molecule has 206 valence electrons. The van der Waals surface area contributed by atoms with E-state index in [1.165, 1.54) is 12.1 Å². The van der Waals surface area contributed by atoms with Crippen LogP contribution in [0.4, 0.5) is 0 Å². The molecular weight excluding hydrogens is 484 g/mol. The molecule has 0 saturated heterocycles. The van der Waals surface area contributed by atoms with E-state index in [1.807, 2.05) is 0 Å². The number of aromatic hydroxyl groups is 1. The van der Waals surface area contributed by atoms with E-state index in [2.05, 4.69) is 20.9 Å². The highest BCUT2D eigenvalue weighted by molar-refractivity contribution is 5.93. The molecular formula is C23H38N8O6. The summed E-state index contributed by atoms with van der Waals surface area (Å²) in [5.41, 5.74) is 22.9. The summed E-state index contributed by atoms with van der Waals surface area (Å²) in [6.45, 7) is -0.0285. The highest BCUT2D eigenvalue weighted by Gasteiger charge is 2.28. The number of unbranched alkanes of at least 4 members (excludes halogenated alkanes) is 1. The van der Waals surface area contributed by atoms with Gasteiger partial charge in [0.15, 0.2) is 5.96 Å². The van der Waals surface area contributed by atoms with Crippen LogP contribution < -0.4 is 38.9 Å². The van der Waals surface area contributed by atoms with Gasteiger partial charge in [0, 0.05) is 6.54 Å². The molecule has 0 aliphatic heterocycles. The zero-order valence-corrected chi connectivity index (χ0v) is 20.7. The molecule has 3 amide bonds. The first-order chi connectivity index (χ1) is 17.5. The molecule has 0 aromatic heterocycles. The van der Waals surface area contributed by atoms with Crippen molar-refractivity contribution in [2.45, 2.75) is 56.7 Å². The number of carboxylic acid groups (broad SMARTS) is 1. The first kappa shape index (κ1) is 31.1. The molecule has 1 aromatic rings. The molecule has 1 aromatic carbocycles. The number of aliphatic carboxylic acids is 1. The fraction of sp³-hybridized carbons (Fsp3) is 0.522. The maximum atomic E-state index is 13.1. The van der Waals surface area contributed by atoms with E-state index in [-0.39, 0.29) is 37.5 Å². The zero-order valence-electron chi connectivity index (χ0n) is 20.7. The van der Waals surface area contributed by atoms with Crippen LogP contribution in [0, 0.1) is 0 Å². The van der Waals surface area contributed by atoms with Gasteiger partial charge in [-0.25, -0.2) is 0 Å². The number of hydrogen-bond donors (Lipinski definition) is 9. The number of phenols is 1. The molecule has 13 N–H and O–H groups in total. The van der Waals surface area contributed by atoms with Crippen molar-refractivity contribution in [3.63, 3.8) is 0 Å². The van der Waals surface area contributed by atoms with Crippen molar-refractivity contribution < 1.29 is 29.4 Å². The number of amides is 3. The number of carbonyl (C=O) groups excluding carboxylic acids is 3. The number of carbonyl (C=O) groups is 4. The van der Waals surface area contributed by atoms with E-state index in [0.717, 1.165) is 5.56 Å². The summed E-state index contributed by atoms with van der Waals surface area (Å²) in [7, 11) is 0. The smallest absolute Gasteiger partial charge is 0.322 e. The lowest BCUT2D eigenvalue weighted by atomic mass is 10.0. The molecule has 3 atom stereocenters. The lowest BCUT2D eigenvalue weighted by Gasteiger charge is -2.24. The van der Waals surface area contributed by atoms with Gasteiger partial charge in [-0.3, -0.25) is 24.2 Å². The van der Waals surface area contributed by atoms with Crippen LogP contribution in [0.3, 0.4) is 0 Å². The van der Waals surface area contributed by atoms with Crippen LogP contribution >= 0.6 is 0 Å². The molecule has 0 aliphatic carbocycles. The second-order valence-corrected chi connectivity index (χ2v) is 8.44. The van der Waals surface area contributed by atoms with E-state index in [0.29, 0.717) is 25.8 Å². The van der Waals surface area contributed by atoms with E-state index < -0.39 is 48.4 Å². The number of rotatable bonds is 17. The maximum absolute atomic E-state index is 13.1. The van der Waals surface area contributed by atoms with Gasteiger partial charge < -0.3 is 49.1 Å². The van der Waals surface area contributed by atoms with Crippen LogP contribution in [0.1, 0.15) is 37.7 Å². The van der Waals surface area contributed by atoms with Crippen LogP contribution in [-0.2, 0) is 25.6 Å². The first-order valence-electron chi connectivity index (χ1n) is 11.9. The number of nitrogens with one attached hydrogen (secondary N) is 3. The summed E-state index contributed by atoms with van der Waals surface area (Å²) >= 11 is 0. The van der Waals surface area contributed by atoms with E-state index in [9.17, 15) is 24.3 Å². The van der Waals surface area contributed by atoms with E-state index in [1.54, 1.807) is 12.1 Å². The van der Waals surface area contributed by atoms with Gasteiger partial charge in [-0.2, -0.15) is 0 Å².